The first-order valence-corrected chi connectivity index (χ1v) is 7.55. The third-order valence-electron chi connectivity index (χ3n) is 3.49. The van der Waals surface area contributed by atoms with Gasteiger partial charge in [-0.05, 0) is 31.0 Å². The number of aliphatic hydroxyl groups is 1. The van der Waals surface area contributed by atoms with Crippen LogP contribution in [-0.2, 0) is 6.42 Å². The lowest BCUT2D eigenvalue weighted by atomic mass is 10.1. The molecule has 0 saturated heterocycles. The van der Waals surface area contributed by atoms with Crippen molar-refractivity contribution in [2.24, 2.45) is 0 Å². The second-order valence-corrected chi connectivity index (χ2v) is 5.19. The molecular weight excluding hydrogens is 294 g/mol. The number of aliphatic hydroxyl groups excluding tert-OH is 1. The minimum Gasteiger partial charge on any atom is -0.497 e. The van der Waals surface area contributed by atoms with Crippen LogP contribution in [0.4, 0.5) is 5.82 Å². The highest BCUT2D eigenvalue weighted by molar-refractivity contribution is 5.41. The van der Waals surface area contributed by atoms with Gasteiger partial charge in [-0.15, -0.1) is 0 Å². The molecule has 2 aromatic rings. The van der Waals surface area contributed by atoms with E-state index >= 15 is 0 Å². The number of nitrogens with one attached hydrogen (secondary N) is 1. The highest BCUT2D eigenvalue weighted by Crippen LogP contribution is 2.26. The Kier molecular flexibility index (Phi) is 5.76. The summed E-state index contributed by atoms with van der Waals surface area (Å²) in [6.45, 7) is 4.23. The first-order valence-electron chi connectivity index (χ1n) is 7.55. The lowest BCUT2D eigenvalue weighted by Gasteiger charge is -2.15. The minimum absolute atomic E-state index is 0.329. The molecule has 0 aliphatic rings. The van der Waals surface area contributed by atoms with E-state index in [0.717, 1.165) is 17.7 Å². The van der Waals surface area contributed by atoms with Crippen LogP contribution in [0.3, 0.4) is 0 Å². The predicted octanol–water partition coefficient (Wildman–Crippen LogP) is 2.51. The summed E-state index contributed by atoms with van der Waals surface area (Å²) in [5.41, 5.74) is 1.69. The van der Waals surface area contributed by atoms with E-state index in [-0.39, 0.29) is 0 Å². The maximum absolute atomic E-state index is 10.4. The smallest absolute Gasteiger partial charge is 0.130 e. The zero-order valence-corrected chi connectivity index (χ0v) is 14.0. The van der Waals surface area contributed by atoms with Gasteiger partial charge in [-0.3, -0.25) is 0 Å². The first-order chi connectivity index (χ1) is 11.0. The fraction of sp³-hybridized carbons (Fsp3) is 0.412. The van der Waals surface area contributed by atoms with Gasteiger partial charge < -0.3 is 19.9 Å². The molecule has 0 bridgehead atoms. The number of benzene rings is 1. The summed E-state index contributed by atoms with van der Waals surface area (Å²) in [5, 5.41) is 13.6. The van der Waals surface area contributed by atoms with E-state index in [1.807, 2.05) is 19.9 Å². The summed E-state index contributed by atoms with van der Waals surface area (Å²) >= 11 is 0. The second kappa shape index (κ2) is 7.78. The van der Waals surface area contributed by atoms with Crippen molar-refractivity contribution in [2.45, 2.75) is 26.4 Å². The number of anilines is 1. The van der Waals surface area contributed by atoms with Gasteiger partial charge in [0.05, 0.1) is 20.3 Å². The van der Waals surface area contributed by atoms with Crippen molar-refractivity contribution in [2.75, 3.05) is 26.1 Å². The standard InChI is InChI=1S/C17H23N3O3/c1-5-13-8-17(20-11(2)19-13)18-10-16(21)12-6-14(22-3)9-15(7-12)23-4/h6-9,16,21H,5,10H2,1-4H3,(H,18,19,20). The highest BCUT2D eigenvalue weighted by Gasteiger charge is 2.12. The van der Waals surface area contributed by atoms with Crippen molar-refractivity contribution in [3.8, 4) is 11.5 Å². The zero-order chi connectivity index (χ0) is 16.8. The Morgan fingerprint density at radius 3 is 2.30 bits per heavy atom. The van der Waals surface area contributed by atoms with E-state index in [9.17, 15) is 5.11 Å². The number of nitrogens with zero attached hydrogens (tertiary/aromatic N) is 2. The van der Waals surface area contributed by atoms with Crippen LogP contribution in [0.2, 0.25) is 0 Å². The van der Waals surface area contributed by atoms with Gasteiger partial charge in [-0.2, -0.15) is 0 Å². The molecule has 0 radical (unpaired) electrons. The predicted molar refractivity (Wildman–Crippen MR) is 89.1 cm³/mol. The summed E-state index contributed by atoms with van der Waals surface area (Å²) < 4.78 is 10.4. The zero-order valence-electron chi connectivity index (χ0n) is 14.0. The van der Waals surface area contributed by atoms with E-state index in [1.54, 1.807) is 32.4 Å². The fourth-order valence-corrected chi connectivity index (χ4v) is 2.24. The second-order valence-electron chi connectivity index (χ2n) is 5.19. The van der Waals surface area contributed by atoms with Gasteiger partial charge in [-0.25, -0.2) is 9.97 Å². The van der Waals surface area contributed by atoms with Crippen LogP contribution in [0.1, 0.15) is 30.1 Å². The molecule has 0 aliphatic heterocycles. The van der Waals surface area contributed by atoms with Crippen molar-refractivity contribution in [3.05, 3.63) is 41.3 Å². The highest BCUT2D eigenvalue weighted by atomic mass is 16.5. The molecule has 0 amide bonds. The summed E-state index contributed by atoms with van der Waals surface area (Å²) in [4.78, 5) is 8.67. The van der Waals surface area contributed by atoms with Crippen molar-refractivity contribution in [1.82, 2.24) is 9.97 Å². The Bertz CT molecular complexity index is 639. The molecule has 2 rings (SSSR count). The van der Waals surface area contributed by atoms with Crippen LogP contribution < -0.4 is 14.8 Å². The van der Waals surface area contributed by atoms with Gasteiger partial charge in [0, 0.05) is 24.4 Å². The van der Waals surface area contributed by atoms with E-state index in [0.29, 0.717) is 29.7 Å². The normalized spacial score (nSPS) is 11.9. The van der Waals surface area contributed by atoms with Gasteiger partial charge >= 0.3 is 0 Å². The van der Waals surface area contributed by atoms with Crippen LogP contribution in [0.5, 0.6) is 11.5 Å². The Hall–Kier alpha value is -2.34. The Labute approximate surface area is 136 Å². The first kappa shape index (κ1) is 17.0. The van der Waals surface area contributed by atoms with Crippen molar-refractivity contribution < 1.29 is 14.6 Å². The maximum Gasteiger partial charge on any atom is 0.130 e. The topological polar surface area (TPSA) is 76.5 Å². The summed E-state index contributed by atoms with van der Waals surface area (Å²) in [6.07, 6.45) is 0.132. The Morgan fingerprint density at radius 2 is 1.74 bits per heavy atom. The Balaban J connectivity index is 2.10. The molecule has 1 unspecified atom stereocenters. The number of methoxy groups -OCH3 is 2. The fourth-order valence-electron chi connectivity index (χ4n) is 2.24. The molecule has 1 aromatic carbocycles. The molecule has 1 atom stereocenters. The lowest BCUT2D eigenvalue weighted by Crippen LogP contribution is -2.14. The largest absolute Gasteiger partial charge is 0.497 e. The van der Waals surface area contributed by atoms with Gasteiger partial charge in [0.1, 0.15) is 23.1 Å². The van der Waals surface area contributed by atoms with E-state index in [2.05, 4.69) is 15.3 Å². The molecule has 0 aliphatic carbocycles. The molecule has 6 heteroatoms. The monoisotopic (exact) mass is 317 g/mol. The molecule has 0 spiro atoms. The van der Waals surface area contributed by atoms with Crippen molar-refractivity contribution in [1.29, 1.82) is 0 Å². The number of aryl methyl sites for hydroxylation is 2. The third-order valence-corrected chi connectivity index (χ3v) is 3.49. The minimum atomic E-state index is -0.709. The number of aromatic nitrogens is 2. The molecule has 1 heterocycles. The third kappa shape index (κ3) is 4.56. The van der Waals surface area contributed by atoms with Gasteiger partial charge in [0.15, 0.2) is 0 Å². The number of rotatable bonds is 7. The van der Waals surface area contributed by atoms with Gasteiger partial charge in [0.25, 0.3) is 0 Å². The van der Waals surface area contributed by atoms with Crippen molar-refractivity contribution in [3.63, 3.8) is 0 Å². The Morgan fingerprint density at radius 1 is 1.09 bits per heavy atom. The summed E-state index contributed by atoms with van der Waals surface area (Å²) in [7, 11) is 3.16. The SMILES string of the molecule is CCc1cc(NCC(O)c2cc(OC)cc(OC)c2)nc(C)n1. The molecule has 2 N–H and O–H groups in total. The lowest BCUT2D eigenvalue weighted by molar-refractivity contribution is 0.190. The van der Waals surface area contributed by atoms with Crippen LogP contribution in [0, 0.1) is 6.92 Å². The summed E-state index contributed by atoms with van der Waals surface area (Å²) in [5.74, 6) is 2.71. The van der Waals surface area contributed by atoms with Crippen LogP contribution in [0.15, 0.2) is 24.3 Å². The average molecular weight is 317 g/mol. The molecule has 0 saturated carbocycles. The van der Waals surface area contributed by atoms with Gasteiger partial charge in [0.2, 0.25) is 0 Å². The van der Waals surface area contributed by atoms with Crippen LogP contribution in [0.25, 0.3) is 0 Å². The molecule has 0 fully saturated rings. The quantitative estimate of drug-likeness (QED) is 0.817. The van der Waals surface area contributed by atoms with Crippen molar-refractivity contribution >= 4 is 5.82 Å². The molecule has 6 nitrogen and oxygen atoms in total. The average Bonchev–Trinajstić information content (AvgIpc) is 2.58. The van der Waals surface area contributed by atoms with Crippen LogP contribution >= 0.6 is 0 Å². The van der Waals surface area contributed by atoms with E-state index in [1.165, 1.54) is 0 Å². The summed E-state index contributed by atoms with van der Waals surface area (Å²) in [6, 6.07) is 7.24. The van der Waals surface area contributed by atoms with E-state index < -0.39 is 6.10 Å². The number of hydrogen-bond acceptors (Lipinski definition) is 6. The maximum atomic E-state index is 10.4. The molecular formula is C17H23N3O3. The molecule has 124 valence electrons. The number of hydrogen-bond donors (Lipinski definition) is 2. The number of ether oxygens (including phenoxy) is 2. The van der Waals surface area contributed by atoms with Gasteiger partial charge in [-0.1, -0.05) is 6.92 Å². The molecule has 23 heavy (non-hydrogen) atoms. The van der Waals surface area contributed by atoms with Crippen LogP contribution in [-0.4, -0.2) is 35.8 Å². The van der Waals surface area contributed by atoms with E-state index in [4.69, 9.17) is 9.47 Å². The molecule has 1 aromatic heterocycles.